The molecule has 144 valence electrons. The standard InChI is InChI=1S/C20H24N2O4S/c23-20(21-15-17-10-7-13-26-17)19(14-16-8-3-1-4-9-16)22-27(24,25)18-11-5-2-6-12-18/h1-6,8-9,11-12,17,19,22H,7,10,13-15H2,(H,21,23)/t17-,19-/m0/s1. The molecule has 1 saturated heterocycles. The van der Waals surface area contributed by atoms with E-state index >= 15 is 0 Å². The highest BCUT2D eigenvalue weighted by Gasteiger charge is 2.27. The highest BCUT2D eigenvalue weighted by molar-refractivity contribution is 7.89. The summed E-state index contributed by atoms with van der Waals surface area (Å²) in [6.45, 7) is 1.09. The summed E-state index contributed by atoms with van der Waals surface area (Å²) in [5, 5.41) is 2.83. The average Bonchev–Trinajstić information content (AvgIpc) is 3.20. The van der Waals surface area contributed by atoms with Crippen LogP contribution in [0.5, 0.6) is 0 Å². The minimum absolute atomic E-state index is 0.00273. The maximum Gasteiger partial charge on any atom is 0.241 e. The second-order valence-corrected chi connectivity index (χ2v) is 8.27. The molecule has 1 aliphatic heterocycles. The van der Waals surface area contributed by atoms with E-state index in [4.69, 9.17) is 4.74 Å². The molecule has 2 N–H and O–H groups in total. The summed E-state index contributed by atoms with van der Waals surface area (Å²) in [7, 11) is -3.80. The Balaban J connectivity index is 1.73. The lowest BCUT2D eigenvalue weighted by Gasteiger charge is -2.20. The Hall–Kier alpha value is -2.22. The zero-order valence-electron chi connectivity index (χ0n) is 15.0. The fourth-order valence-electron chi connectivity index (χ4n) is 3.04. The molecule has 2 aromatic carbocycles. The lowest BCUT2D eigenvalue weighted by molar-refractivity contribution is -0.123. The Morgan fingerprint density at radius 1 is 1.07 bits per heavy atom. The minimum Gasteiger partial charge on any atom is -0.376 e. The summed E-state index contributed by atoms with van der Waals surface area (Å²) in [5.41, 5.74) is 0.880. The van der Waals surface area contributed by atoms with Crippen molar-refractivity contribution in [1.82, 2.24) is 10.0 Å². The van der Waals surface area contributed by atoms with Gasteiger partial charge in [0.2, 0.25) is 15.9 Å². The molecule has 1 fully saturated rings. The van der Waals surface area contributed by atoms with Crippen LogP contribution >= 0.6 is 0 Å². The van der Waals surface area contributed by atoms with Crippen LogP contribution in [0, 0.1) is 0 Å². The van der Waals surface area contributed by atoms with E-state index in [1.165, 1.54) is 12.1 Å². The van der Waals surface area contributed by atoms with Crippen LogP contribution in [0.25, 0.3) is 0 Å². The Labute approximate surface area is 160 Å². The van der Waals surface area contributed by atoms with Gasteiger partial charge in [0, 0.05) is 13.2 Å². The average molecular weight is 388 g/mol. The van der Waals surface area contributed by atoms with Crippen LogP contribution in [0.3, 0.4) is 0 Å². The van der Waals surface area contributed by atoms with Crippen molar-refractivity contribution in [2.24, 2.45) is 0 Å². The van der Waals surface area contributed by atoms with Crippen LogP contribution < -0.4 is 10.0 Å². The minimum atomic E-state index is -3.80. The second-order valence-electron chi connectivity index (χ2n) is 6.56. The molecule has 0 bridgehead atoms. The van der Waals surface area contributed by atoms with Gasteiger partial charge >= 0.3 is 0 Å². The molecular formula is C20H24N2O4S. The number of hydrogen-bond acceptors (Lipinski definition) is 4. The van der Waals surface area contributed by atoms with Gasteiger partial charge in [-0.3, -0.25) is 4.79 Å². The number of benzene rings is 2. The van der Waals surface area contributed by atoms with E-state index in [-0.39, 0.29) is 23.3 Å². The Kier molecular flexibility index (Phi) is 6.60. The predicted octanol–water partition coefficient (Wildman–Crippen LogP) is 1.87. The number of nitrogens with one attached hydrogen (secondary N) is 2. The summed E-state index contributed by atoms with van der Waals surface area (Å²) < 4.78 is 33.4. The van der Waals surface area contributed by atoms with E-state index in [9.17, 15) is 13.2 Å². The molecule has 1 amide bonds. The first-order valence-corrected chi connectivity index (χ1v) is 10.5. The number of amides is 1. The topological polar surface area (TPSA) is 84.5 Å². The SMILES string of the molecule is O=C(NC[C@@H]1CCCO1)[C@H](Cc1ccccc1)NS(=O)(=O)c1ccccc1. The molecule has 0 radical (unpaired) electrons. The van der Waals surface area contributed by atoms with Crippen molar-refractivity contribution in [1.29, 1.82) is 0 Å². The smallest absolute Gasteiger partial charge is 0.241 e. The van der Waals surface area contributed by atoms with Gasteiger partial charge in [-0.25, -0.2) is 8.42 Å². The van der Waals surface area contributed by atoms with Crippen LogP contribution in [0.1, 0.15) is 18.4 Å². The van der Waals surface area contributed by atoms with Crippen LogP contribution in [-0.4, -0.2) is 39.6 Å². The molecule has 2 aromatic rings. The van der Waals surface area contributed by atoms with Crippen LogP contribution in [0.15, 0.2) is 65.6 Å². The van der Waals surface area contributed by atoms with Crippen LogP contribution in [-0.2, 0) is 26.0 Å². The van der Waals surface area contributed by atoms with Crippen molar-refractivity contribution in [2.75, 3.05) is 13.2 Å². The van der Waals surface area contributed by atoms with Gasteiger partial charge < -0.3 is 10.1 Å². The lowest BCUT2D eigenvalue weighted by Crippen LogP contribution is -2.49. The molecule has 27 heavy (non-hydrogen) atoms. The number of sulfonamides is 1. The molecule has 2 atom stereocenters. The van der Waals surface area contributed by atoms with E-state index < -0.39 is 16.1 Å². The van der Waals surface area contributed by atoms with E-state index in [2.05, 4.69) is 10.0 Å². The molecule has 0 aliphatic carbocycles. The second kappa shape index (κ2) is 9.12. The summed E-state index contributed by atoms with van der Waals surface area (Å²) >= 11 is 0. The van der Waals surface area contributed by atoms with Gasteiger partial charge in [0.1, 0.15) is 6.04 Å². The third-order valence-corrected chi connectivity index (χ3v) is 5.97. The predicted molar refractivity (Wildman–Crippen MR) is 103 cm³/mol. The maximum absolute atomic E-state index is 12.7. The summed E-state index contributed by atoms with van der Waals surface area (Å²) in [6.07, 6.45) is 2.15. The molecule has 1 heterocycles. The fourth-order valence-corrected chi connectivity index (χ4v) is 4.25. The van der Waals surface area contributed by atoms with Crippen molar-refractivity contribution in [3.05, 3.63) is 66.2 Å². The normalized spacial score (nSPS) is 18.1. The van der Waals surface area contributed by atoms with Crippen LogP contribution in [0.2, 0.25) is 0 Å². The van der Waals surface area contributed by atoms with Gasteiger partial charge in [0.15, 0.2) is 0 Å². The molecule has 6 nitrogen and oxygen atoms in total. The zero-order valence-corrected chi connectivity index (χ0v) is 15.8. The maximum atomic E-state index is 12.7. The molecule has 0 unspecified atom stereocenters. The van der Waals surface area contributed by atoms with E-state index in [1.807, 2.05) is 30.3 Å². The number of rotatable bonds is 8. The van der Waals surface area contributed by atoms with Gasteiger partial charge in [-0.05, 0) is 37.0 Å². The van der Waals surface area contributed by atoms with Crippen molar-refractivity contribution < 1.29 is 17.9 Å². The lowest BCUT2D eigenvalue weighted by atomic mass is 10.1. The molecule has 0 saturated carbocycles. The van der Waals surface area contributed by atoms with Crippen molar-refractivity contribution in [3.8, 4) is 0 Å². The first-order chi connectivity index (χ1) is 13.0. The van der Waals surface area contributed by atoms with E-state index in [0.29, 0.717) is 13.2 Å². The fraction of sp³-hybridized carbons (Fsp3) is 0.350. The number of carbonyl (C=O) groups excluding carboxylic acids is 1. The van der Waals surface area contributed by atoms with E-state index in [1.54, 1.807) is 18.2 Å². The van der Waals surface area contributed by atoms with Gasteiger partial charge in [-0.1, -0.05) is 48.5 Å². The van der Waals surface area contributed by atoms with Gasteiger partial charge in [0.25, 0.3) is 0 Å². The first-order valence-electron chi connectivity index (χ1n) is 9.05. The van der Waals surface area contributed by atoms with Gasteiger partial charge in [0.05, 0.1) is 11.0 Å². The third kappa shape index (κ3) is 5.63. The summed E-state index contributed by atoms with van der Waals surface area (Å²) in [5.74, 6) is -0.353. The molecular weight excluding hydrogens is 364 g/mol. The number of ether oxygens (including phenoxy) is 1. The quantitative estimate of drug-likeness (QED) is 0.723. The zero-order chi connectivity index (χ0) is 19.1. The Morgan fingerprint density at radius 2 is 1.74 bits per heavy atom. The Morgan fingerprint density at radius 3 is 2.37 bits per heavy atom. The highest BCUT2D eigenvalue weighted by atomic mass is 32.2. The van der Waals surface area contributed by atoms with Gasteiger partial charge in [-0.15, -0.1) is 0 Å². The van der Waals surface area contributed by atoms with Crippen molar-refractivity contribution >= 4 is 15.9 Å². The molecule has 7 heteroatoms. The van der Waals surface area contributed by atoms with E-state index in [0.717, 1.165) is 18.4 Å². The third-order valence-electron chi connectivity index (χ3n) is 4.48. The van der Waals surface area contributed by atoms with Crippen molar-refractivity contribution in [3.63, 3.8) is 0 Å². The highest BCUT2D eigenvalue weighted by Crippen LogP contribution is 2.13. The molecule has 0 aromatic heterocycles. The molecule has 1 aliphatic rings. The van der Waals surface area contributed by atoms with Crippen molar-refractivity contribution in [2.45, 2.75) is 36.3 Å². The largest absolute Gasteiger partial charge is 0.376 e. The monoisotopic (exact) mass is 388 g/mol. The molecule has 0 spiro atoms. The number of hydrogen-bond donors (Lipinski definition) is 2. The number of carbonyl (C=O) groups is 1. The first kappa shape index (κ1) is 19.5. The van der Waals surface area contributed by atoms with Crippen LogP contribution in [0.4, 0.5) is 0 Å². The Bertz CT molecular complexity index is 835. The summed E-state index contributed by atoms with van der Waals surface area (Å²) in [6, 6.07) is 16.5. The van der Waals surface area contributed by atoms with Gasteiger partial charge in [-0.2, -0.15) is 4.72 Å². The summed E-state index contributed by atoms with van der Waals surface area (Å²) in [4.78, 5) is 12.9. The molecule has 3 rings (SSSR count).